The second-order valence-corrected chi connectivity index (χ2v) is 17.4. The molecular formula is C42H51B3O6. The average molecular weight is 684 g/mol. The Balaban J connectivity index is 1.31. The largest absolute Gasteiger partial charge is 0.494 e. The van der Waals surface area contributed by atoms with E-state index in [1.165, 1.54) is 0 Å². The molecule has 4 aromatic rings. The number of rotatable bonds is 6. The number of benzene rings is 4. The van der Waals surface area contributed by atoms with Crippen molar-refractivity contribution in [2.45, 2.75) is 117 Å². The molecule has 3 heterocycles. The molecule has 0 spiro atoms. The van der Waals surface area contributed by atoms with Crippen molar-refractivity contribution in [2.24, 2.45) is 0 Å². The van der Waals surface area contributed by atoms with Crippen LogP contribution in [0.15, 0.2) is 91.0 Å². The third-order valence-electron chi connectivity index (χ3n) is 12.2. The van der Waals surface area contributed by atoms with E-state index in [9.17, 15) is 0 Å². The first-order valence-electron chi connectivity index (χ1n) is 18.2. The van der Waals surface area contributed by atoms with Crippen molar-refractivity contribution >= 4 is 37.7 Å². The molecule has 0 bridgehead atoms. The fourth-order valence-electron chi connectivity index (χ4n) is 6.66. The van der Waals surface area contributed by atoms with E-state index < -0.39 is 55.0 Å². The Morgan fingerprint density at radius 2 is 0.510 bits per heavy atom. The van der Waals surface area contributed by atoms with Crippen LogP contribution in [0.2, 0.25) is 0 Å². The second-order valence-electron chi connectivity index (χ2n) is 17.4. The quantitative estimate of drug-likeness (QED) is 0.195. The lowest BCUT2D eigenvalue weighted by Crippen LogP contribution is -2.41. The zero-order valence-electron chi connectivity index (χ0n) is 32.3. The van der Waals surface area contributed by atoms with Gasteiger partial charge in [-0.1, -0.05) is 72.8 Å². The number of hydrogen-bond donors (Lipinski definition) is 0. The van der Waals surface area contributed by atoms with Crippen LogP contribution in [0.1, 0.15) is 83.1 Å². The molecule has 4 aromatic carbocycles. The SMILES string of the molecule is CC1(C)OB(c2cccc(-c3cc(-c4cccc(B5OC(C)(C)C(C)(C)O5)c4)cc(-c4cccc(B5OC(C)(C)C(C)(C)O5)c4)c3)c2)OC1(C)C. The summed E-state index contributed by atoms with van der Waals surface area (Å²) in [7, 11) is -1.36. The third kappa shape index (κ3) is 6.56. The van der Waals surface area contributed by atoms with Gasteiger partial charge in [0.2, 0.25) is 0 Å². The molecule has 0 aliphatic carbocycles. The molecule has 0 atom stereocenters. The molecule has 6 nitrogen and oxygen atoms in total. The van der Waals surface area contributed by atoms with E-state index in [4.69, 9.17) is 27.9 Å². The van der Waals surface area contributed by atoms with Gasteiger partial charge in [0.05, 0.1) is 33.6 Å². The van der Waals surface area contributed by atoms with E-state index in [1.807, 2.05) is 0 Å². The molecule has 3 saturated heterocycles. The van der Waals surface area contributed by atoms with Crippen molar-refractivity contribution in [2.75, 3.05) is 0 Å². The standard InChI is InChI=1S/C42H51B3O6/c1-37(2)38(3,4)47-43(46-37)34-19-13-16-28(25-34)31-22-32(29-17-14-20-35(26-29)44-48-39(5,6)40(7,8)49-44)24-33(23-31)30-18-15-21-36(27-30)45-50-41(9,10)42(11,12)51-45/h13-27H,1-12H3. The van der Waals surface area contributed by atoms with Gasteiger partial charge in [0.1, 0.15) is 0 Å². The Kier molecular flexibility index (Phi) is 8.65. The lowest BCUT2D eigenvalue weighted by molar-refractivity contribution is 0.00578. The van der Waals surface area contributed by atoms with Gasteiger partial charge in [-0.25, -0.2) is 0 Å². The molecule has 3 aliphatic rings. The van der Waals surface area contributed by atoms with E-state index in [-0.39, 0.29) is 0 Å². The summed E-state index contributed by atoms with van der Waals surface area (Å²) in [6.07, 6.45) is 0. The highest BCUT2D eigenvalue weighted by Crippen LogP contribution is 2.40. The van der Waals surface area contributed by atoms with Crippen molar-refractivity contribution in [3.05, 3.63) is 91.0 Å². The summed E-state index contributed by atoms with van der Waals surface area (Å²) in [6.45, 7) is 25.0. The minimum Gasteiger partial charge on any atom is -0.399 e. The maximum atomic E-state index is 6.44. The fourth-order valence-corrected chi connectivity index (χ4v) is 6.66. The van der Waals surface area contributed by atoms with Crippen LogP contribution >= 0.6 is 0 Å². The van der Waals surface area contributed by atoms with Gasteiger partial charge < -0.3 is 27.9 Å². The van der Waals surface area contributed by atoms with Crippen molar-refractivity contribution in [1.82, 2.24) is 0 Å². The van der Waals surface area contributed by atoms with Crippen LogP contribution < -0.4 is 16.4 Å². The normalized spacial score (nSPS) is 22.5. The Bertz CT molecular complexity index is 1680. The molecule has 0 unspecified atom stereocenters. The molecule has 3 aliphatic heterocycles. The highest BCUT2D eigenvalue weighted by molar-refractivity contribution is 6.63. The lowest BCUT2D eigenvalue weighted by Gasteiger charge is -2.32. The zero-order valence-corrected chi connectivity index (χ0v) is 32.3. The van der Waals surface area contributed by atoms with Crippen molar-refractivity contribution in [3.63, 3.8) is 0 Å². The van der Waals surface area contributed by atoms with E-state index in [0.29, 0.717) is 0 Å². The van der Waals surface area contributed by atoms with Gasteiger partial charge in [-0.05, 0) is 151 Å². The molecule has 264 valence electrons. The monoisotopic (exact) mass is 684 g/mol. The summed E-state index contributed by atoms with van der Waals surface area (Å²) >= 11 is 0. The zero-order chi connectivity index (χ0) is 36.8. The van der Waals surface area contributed by atoms with Gasteiger partial charge in [-0.3, -0.25) is 0 Å². The minimum absolute atomic E-state index is 0.425. The fraction of sp³-hybridized carbons (Fsp3) is 0.429. The first-order valence-corrected chi connectivity index (χ1v) is 18.2. The van der Waals surface area contributed by atoms with Gasteiger partial charge in [-0.15, -0.1) is 0 Å². The van der Waals surface area contributed by atoms with E-state index in [2.05, 4.69) is 174 Å². The average Bonchev–Trinajstić information content (AvgIpc) is 3.54. The Labute approximate surface area is 306 Å². The molecule has 3 fully saturated rings. The van der Waals surface area contributed by atoms with Crippen molar-refractivity contribution in [3.8, 4) is 33.4 Å². The lowest BCUT2D eigenvalue weighted by atomic mass is 9.76. The van der Waals surface area contributed by atoms with E-state index >= 15 is 0 Å². The topological polar surface area (TPSA) is 55.4 Å². The minimum atomic E-state index is -0.453. The molecule has 51 heavy (non-hydrogen) atoms. The first-order chi connectivity index (χ1) is 23.7. The third-order valence-corrected chi connectivity index (χ3v) is 12.2. The van der Waals surface area contributed by atoms with Gasteiger partial charge in [0.15, 0.2) is 0 Å². The maximum absolute atomic E-state index is 6.44. The Morgan fingerprint density at radius 1 is 0.294 bits per heavy atom. The van der Waals surface area contributed by atoms with Gasteiger partial charge in [0.25, 0.3) is 0 Å². The molecule has 0 saturated carbocycles. The Hall–Kier alpha value is -3.17. The van der Waals surface area contributed by atoms with Gasteiger partial charge >= 0.3 is 21.4 Å². The highest BCUT2D eigenvalue weighted by Gasteiger charge is 2.53. The van der Waals surface area contributed by atoms with Crippen molar-refractivity contribution < 1.29 is 27.9 Å². The summed E-state index contributed by atoms with van der Waals surface area (Å²) in [5.74, 6) is 0. The molecule has 0 amide bonds. The van der Waals surface area contributed by atoms with Crippen LogP contribution in [-0.4, -0.2) is 55.0 Å². The molecule has 0 N–H and O–H groups in total. The van der Waals surface area contributed by atoms with Crippen LogP contribution in [0.25, 0.3) is 33.4 Å². The molecule has 0 radical (unpaired) electrons. The molecule has 0 aromatic heterocycles. The first kappa shape index (κ1) is 36.2. The maximum Gasteiger partial charge on any atom is 0.494 e. The van der Waals surface area contributed by atoms with Crippen LogP contribution in [0, 0.1) is 0 Å². The summed E-state index contributed by atoms with van der Waals surface area (Å²) < 4.78 is 38.6. The number of hydrogen-bond acceptors (Lipinski definition) is 6. The highest BCUT2D eigenvalue weighted by atomic mass is 16.7. The van der Waals surface area contributed by atoms with Crippen molar-refractivity contribution in [1.29, 1.82) is 0 Å². The van der Waals surface area contributed by atoms with E-state index in [0.717, 1.165) is 49.8 Å². The second kappa shape index (κ2) is 12.2. The van der Waals surface area contributed by atoms with Gasteiger partial charge in [-0.2, -0.15) is 0 Å². The molecular weight excluding hydrogens is 633 g/mol. The summed E-state index contributed by atoms with van der Waals surface area (Å²) in [4.78, 5) is 0. The summed E-state index contributed by atoms with van der Waals surface area (Å²) in [5.41, 5.74) is 6.91. The van der Waals surface area contributed by atoms with Crippen LogP contribution in [0.5, 0.6) is 0 Å². The summed E-state index contributed by atoms with van der Waals surface area (Å²) in [5, 5.41) is 0. The Morgan fingerprint density at radius 3 is 0.725 bits per heavy atom. The van der Waals surface area contributed by atoms with Crippen LogP contribution in [0.4, 0.5) is 0 Å². The summed E-state index contributed by atoms with van der Waals surface area (Å²) in [6, 6.07) is 32.3. The predicted molar refractivity (Wildman–Crippen MR) is 210 cm³/mol. The predicted octanol–water partition coefficient (Wildman–Crippen LogP) is 7.59. The van der Waals surface area contributed by atoms with Crippen LogP contribution in [0.3, 0.4) is 0 Å². The van der Waals surface area contributed by atoms with E-state index in [1.54, 1.807) is 0 Å². The smallest absolute Gasteiger partial charge is 0.399 e. The van der Waals surface area contributed by atoms with Crippen LogP contribution in [-0.2, 0) is 27.9 Å². The van der Waals surface area contributed by atoms with Gasteiger partial charge in [0, 0.05) is 0 Å². The molecule has 7 rings (SSSR count). The molecule has 9 heteroatoms.